The van der Waals surface area contributed by atoms with Gasteiger partial charge >= 0.3 is 6.18 Å². The molecule has 0 saturated heterocycles. The molecule has 1 heterocycles. The van der Waals surface area contributed by atoms with Crippen molar-refractivity contribution in [3.8, 4) is 0 Å². The Morgan fingerprint density at radius 3 is 2.76 bits per heavy atom. The van der Waals surface area contributed by atoms with Gasteiger partial charge in [0, 0.05) is 24.6 Å². The van der Waals surface area contributed by atoms with Gasteiger partial charge in [-0.3, -0.25) is 9.48 Å². The summed E-state index contributed by atoms with van der Waals surface area (Å²) in [7, 11) is 0. The first-order chi connectivity index (χ1) is 9.88. The second-order valence-corrected chi connectivity index (χ2v) is 4.32. The van der Waals surface area contributed by atoms with Gasteiger partial charge in [-0.2, -0.15) is 18.3 Å². The number of anilines is 1. The maximum atomic E-state index is 12.6. The van der Waals surface area contributed by atoms with Crippen LogP contribution in [0.3, 0.4) is 0 Å². The van der Waals surface area contributed by atoms with Crippen molar-refractivity contribution >= 4 is 11.6 Å². The number of hydrogen-bond donors (Lipinski definition) is 2. The van der Waals surface area contributed by atoms with Crippen LogP contribution in [0.4, 0.5) is 18.9 Å². The van der Waals surface area contributed by atoms with Gasteiger partial charge in [-0.15, -0.1) is 0 Å². The molecule has 0 atom stereocenters. The SMILES string of the molecule is Nc1ccc(C(F)(F)F)cc1C(=O)NCCn1cccn1. The minimum absolute atomic E-state index is 0.000380. The zero-order valence-electron chi connectivity index (χ0n) is 10.9. The van der Waals surface area contributed by atoms with Crippen molar-refractivity contribution in [3.05, 3.63) is 47.8 Å². The predicted octanol–water partition coefficient (Wildman–Crippen LogP) is 1.91. The molecule has 8 heteroatoms. The third kappa shape index (κ3) is 3.74. The molecule has 0 radical (unpaired) electrons. The van der Waals surface area contributed by atoms with E-state index in [1.165, 1.54) is 0 Å². The fourth-order valence-electron chi connectivity index (χ4n) is 1.74. The van der Waals surface area contributed by atoms with Crippen LogP contribution in [0.5, 0.6) is 0 Å². The Morgan fingerprint density at radius 2 is 2.14 bits per heavy atom. The molecule has 112 valence electrons. The van der Waals surface area contributed by atoms with E-state index in [9.17, 15) is 18.0 Å². The highest BCUT2D eigenvalue weighted by Gasteiger charge is 2.31. The number of hydrogen-bond acceptors (Lipinski definition) is 3. The zero-order chi connectivity index (χ0) is 15.5. The van der Waals surface area contributed by atoms with Crippen molar-refractivity contribution in [1.29, 1.82) is 0 Å². The van der Waals surface area contributed by atoms with Gasteiger partial charge in [0.25, 0.3) is 5.91 Å². The normalized spacial score (nSPS) is 11.4. The van der Waals surface area contributed by atoms with Crippen LogP contribution in [-0.2, 0) is 12.7 Å². The van der Waals surface area contributed by atoms with Crippen molar-refractivity contribution in [3.63, 3.8) is 0 Å². The molecule has 2 aromatic rings. The molecule has 2 rings (SSSR count). The maximum absolute atomic E-state index is 12.6. The number of carbonyl (C=O) groups is 1. The number of benzene rings is 1. The van der Waals surface area contributed by atoms with Crippen LogP contribution in [0, 0.1) is 0 Å². The minimum Gasteiger partial charge on any atom is -0.398 e. The van der Waals surface area contributed by atoms with Gasteiger partial charge in [0.2, 0.25) is 0 Å². The molecule has 3 N–H and O–H groups in total. The monoisotopic (exact) mass is 298 g/mol. The number of halogens is 3. The van der Waals surface area contributed by atoms with Crippen molar-refractivity contribution in [2.45, 2.75) is 12.7 Å². The Labute approximate surface area is 118 Å². The quantitative estimate of drug-likeness (QED) is 0.847. The smallest absolute Gasteiger partial charge is 0.398 e. The highest BCUT2D eigenvalue weighted by molar-refractivity contribution is 5.99. The molecular formula is C13H13F3N4O. The van der Waals surface area contributed by atoms with Crippen LogP contribution in [0.2, 0.25) is 0 Å². The van der Waals surface area contributed by atoms with Crippen molar-refractivity contribution in [1.82, 2.24) is 15.1 Å². The fourth-order valence-corrected chi connectivity index (χ4v) is 1.74. The average Bonchev–Trinajstić information content (AvgIpc) is 2.91. The molecule has 21 heavy (non-hydrogen) atoms. The molecule has 5 nitrogen and oxygen atoms in total. The Bertz CT molecular complexity index is 623. The number of nitrogens with two attached hydrogens (primary N) is 1. The van der Waals surface area contributed by atoms with Gasteiger partial charge in [-0.1, -0.05) is 0 Å². The van der Waals surface area contributed by atoms with Gasteiger partial charge < -0.3 is 11.1 Å². The Hall–Kier alpha value is -2.51. The van der Waals surface area contributed by atoms with Gasteiger partial charge in [0.1, 0.15) is 0 Å². The molecule has 0 aliphatic heterocycles. The molecule has 1 aromatic heterocycles. The molecule has 1 aromatic carbocycles. The third-order valence-corrected chi connectivity index (χ3v) is 2.81. The lowest BCUT2D eigenvalue weighted by Gasteiger charge is -2.11. The first-order valence-electron chi connectivity index (χ1n) is 6.10. The van der Waals surface area contributed by atoms with E-state index in [1.807, 2.05) is 0 Å². The lowest BCUT2D eigenvalue weighted by atomic mass is 10.1. The first-order valence-corrected chi connectivity index (χ1v) is 6.10. The van der Waals surface area contributed by atoms with Crippen molar-refractivity contribution < 1.29 is 18.0 Å². The van der Waals surface area contributed by atoms with Crippen LogP contribution in [0.15, 0.2) is 36.7 Å². The van der Waals surface area contributed by atoms with E-state index in [2.05, 4.69) is 10.4 Å². The summed E-state index contributed by atoms with van der Waals surface area (Å²) in [4.78, 5) is 11.9. The topological polar surface area (TPSA) is 72.9 Å². The van der Waals surface area contributed by atoms with Crippen molar-refractivity contribution in [2.24, 2.45) is 0 Å². The average molecular weight is 298 g/mol. The van der Waals surface area contributed by atoms with Crippen LogP contribution in [-0.4, -0.2) is 22.2 Å². The summed E-state index contributed by atoms with van der Waals surface area (Å²) in [6.45, 7) is 0.647. The summed E-state index contributed by atoms with van der Waals surface area (Å²) in [5.74, 6) is -0.647. The number of carbonyl (C=O) groups excluding carboxylic acids is 1. The van der Waals surface area contributed by atoms with E-state index in [4.69, 9.17) is 5.73 Å². The van der Waals surface area contributed by atoms with Crippen molar-refractivity contribution in [2.75, 3.05) is 12.3 Å². The number of aromatic nitrogens is 2. The molecule has 1 amide bonds. The van der Waals surface area contributed by atoms with Gasteiger partial charge in [-0.05, 0) is 24.3 Å². The summed E-state index contributed by atoms with van der Waals surface area (Å²) in [6, 6.07) is 4.40. The highest BCUT2D eigenvalue weighted by Crippen LogP contribution is 2.31. The van der Waals surface area contributed by atoms with Gasteiger partial charge in [0.05, 0.1) is 17.7 Å². The molecule has 0 saturated carbocycles. The van der Waals surface area contributed by atoms with E-state index in [0.717, 1.165) is 18.2 Å². The summed E-state index contributed by atoms with van der Waals surface area (Å²) in [6.07, 6.45) is -1.21. The van der Waals surface area contributed by atoms with Gasteiger partial charge in [-0.25, -0.2) is 0 Å². The second kappa shape index (κ2) is 5.86. The van der Waals surface area contributed by atoms with Crippen LogP contribution >= 0.6 is 0 Å². The molecular weight excluding hydrogens is 285 g/mol. The largest absolute Gasteiger partial charge is 0.416 e. The first kappa shape index (κ1) is 14.9. The summed E-state index contributed by atoms with van der Waals surface area (Å²) >= 11 is 0. The van der Waals surface area contributed by atoms with E-state index >= 15 is 0 Å². The van der Waals surface area contributed by atoms with Gasteiger partial charge in [0.15, 0.2) is 0 Å². The zero-order valence-corrected chi connectivity index (χ0v) is 10.9. The third-order valence-electron chi connectivity index (χ3n) is 2.81. The fraction of sp³-hybridized carbons (Fsp3) is 0.231. The standard InChI is InChI=1S/C13H13F3N4O/c14-13(15,16)9-2-3-11(17)10(8-9)12(21)18-5-7-20-6-1-4-19-20/h1-4,6,8H,5,7,17H2,(H,18,21). The number of nitrogens with zero attached hydrogens (tertiary/aromatic N) is 2. The summed E-state index contributed by atoms with van der Waals surface area (Å²) in [5, 5.41) is 6.45. The molecule has 0 aliphatic rings. The minimum atomic E-state index is -4.52. The van der Waals surface area contributed by atoms with Crippen LogP contribution in [0.25, 0.3) is 0 Å². The van der Waals surface area contributed by atoms with E-state index < -0.39 is 17.6 Å². The lowest BCUT2D eigenvalue weighted by Crippen LogP contribution is -2.28. The number of alkyl halides is 3. The van der Waals surface area contributed by atoms with E-state index in [0.29, 0.717) is 6.54 Å². The summed E-state index contributed by atoms with van der Waals surface area (Å²) < 4.78 is 39.4. The lowest BCUT2D eigenvalue weighted by molar-refractivity contribution is -0.137. The molecule has 0 aliphatic carbocycles. The Balaban J connectivity index is 2.04. The number of amides is 1. The predicted molar refractivity (Wildman–Crippen MR) is 70.4 cm³/mol. The van der Waals surface area contributed by atoms with Crippen LogP contribution < -0.4 is 11.1 Å². The second-order valence-electron chi connectivity index (χ2n) is 4.32. The number of rotatable bonds is 4. The molecule has 0 unspecified atom stereocenters. The Kier molecular flexibility index (Phi) is 4.15. The van der Waals surface area contributed by atoms with E-state index in [1.54, 1.807) is 23.1 Å². The molecule has 0 fully saturated rings. The molecule has 0 bridgehead atoms. The maximum Gasteiger partial charge on any atom is 0.416 e. The Morgan fingerprint density at radius 1 is 1.38 bits per heavy atom. The van der Waals surface area contributed by atoms with Crippen LogP contribution in [0.1, 0.15) is 15.9 Å². The summed E-state index contributed by atoms with van der Waals surface area (Å²) in [5.41, 5.74) is 4.46. The van der Waals surface area contributed by atoms with E-state index in [-0.39, 0.29) is 17.8 Å². The molecule has 0 spiro atoms. The highest BCUT2D eigenvalue weighted by atomic mass is 19.4. The number of nitrogen functional groups attached to an aromatic ring is 1. The number of nitrogens with one attached hydrogen (secondary N) is 1.